The molecule has 1 atom stereocenters. The Hall–Kier alpha value is -3.83. The molecule has 1 amide bonds. The number of hydrogen-bond acceptors (Lipinski definition) is 7. The summed E-state index contributed by atoms with van der Waals surface area (Å²) in [5.74, 6) is -0.815. The summed E-state index contributed by atoms with van der Waals surface area (Å²) in [6, 6.07) is 13.3. The fourth-order valence-corrected chi connectivity index (χ4v) is 4.94. The van der Waals surface area contributed by atoms with Crippen LogP contribution >= 0.6 is 23.2 Å². The van der Waals surface area contributed by atoms with Gasteiger partial charge >= 0.3 is 0 Å². The number of carbonyl (C=O) groups is 1. The van der Waals surface area contributed by atoms with Gasteiger partial charge < -0.3 is 9.87 Å². The van der Waals surface area contributed by atoms with Crippen LogP contribution in [-0.4, -0.2) is 35.2 Å². The van der Waals surface area contributed by atoms with Crippen LogP contribution < -0.4 is 10.7 Å². The van der Waals surface area contributed by atoms with Crippen molar-refractivity contribution in [1.82, 2.24) is 24.7 Å². The lowest BCUT2D eigenvalue weighted by atomic mass is 10.2. The van der Waals surface area contributed by atoms with E-state index in [-0.39, 0.29) is 26.8 Å². The lowest BCUT2D eigenvalue weighted by molar-refractivity contribution is 0.102. The summed E-state index contributed by atoms with van der Waals surface area (Å²) in [7, 11) is 0. The third kappa shape index (κ3) is 4.54. The van der Waals surface area contributed by atoms with Gasteiger partial charge in [-0.1, -0.05) is 29.3 Å². The van der Waals surface area contributed by atoms with Gasteiger partial charge in [0, 0.05) is 42.0 Å². The fourth-order valence-electron chi connectivity index (χ4n) is 3.42. The minimum atomic E-state index is -1.52. The van der Waals surface area contributed by atoms with E-state index in [9.17, 15) is 14.1 Å². The molecule has 1 aromatic carbocycles. The maximum absolute atomic E-state index is 13.2. The third-order valence-electron chi connectivity index (χ3n) is 5.08. The van der Waals surface area contributed by atoms with Gasteiger partial charge in [-0.3, -0.25) is 19.6 Å². The van der Waals surface area contributed by atoms with E-state index in [2.05, 4.69) is 25.4 Å². The zero-order valence-corrected chi connectivity index (χ0v) is 20.5. The molecule has 178 valence electrons. The monoisotopic (exact) mass is 536 g/mol. The average Bonchev–Trinajstić information content (AvgIpc) is 2.91. The van der Waals surface area contributed by atoms with Crippen molar-refractivity contribution < 1.29 is 9.35 Å². The molecule has 1 unspecified atom stereocenters. The maximum Gasteiger partial charge on any atom is 0.280 e. The molecule has 5 aromatic rings. The normalized spacial score (nSPS) is 11.9. The first-order valence-corrected chi connectivity index (χ1v) is 12.3. The quantitative estimate of drug-likeness (QED) is 0.332. The zero-order chi connectivity index (χ0) is 25.2. The Morgan fingerprint density at radius 1 is 0.944 bits per heavy atom. The number of pyridine rings is 3. The number of nitrogens with one attached hydrogen (secondary N) is 1. The Morgan fingerprint density at radius 2 is 1.69 bits per heavy atom. The Kier molecular flexibility index (Phi) is 6.66. The topological polar surface area (TPSA) is 126 Å². The highest BCUT2D eigenvalue weighted by Gasteiger charge is 2.22. The highest BCUT2D eigenvalue weighted by Crippen LogP contribution is 2.29. The molecule has 0 saturated carbocycles. The molecule has 0 saturated heterocycles. The highest BCUT2D eigenvalue weighted by atomic mass is 35.5. The molecule has 0 aliphatic heterocycles. The Balaban J connectivity index is 1.63. The molecule has 0 aliphatic carbocycles. The largest absolute Gasteiger partial charge is 0.606 e. The molecule has 4 heterocycles. The minimum Gasteiger partial charge on any atom is -0.606 e. The van der Waals surface area contributed by atoms with Crippen molar-refractivity contribution >= 4 is 57.0 Å². The van der Waals surface area contributed by atoms with Crippen LogP contribution in [0.15, 0.2) is 94.1 Å². The zero-order valence-electron chi connectivity index (χ0n) is 18.1. The summed E-state index contributed by atoms with van der Waals surface area (Å²) < 4.78 is 14.4. The number of halogens is 2. The van der Waals surface area contributed by atoms with Gasteiger partial charge in [0.1, 0.15) is 0 Å². The van der Waals surface area contributed by atoms with Gasteiger partial charge in [-0.05, 0) is 36.4 Å². The number of aromatic nitrogens is 5. The molecule has 1 N–H and O–H groups in total. The van der Waals surface area contributed by atoms with E-state index in [1.54, 1.807) is 54.7 Å². The van der Waals surface area contributed by atoms with Crippen LogP contribution in [0.3, 0.4) is 0 Å². The van der Waals surface area contributed by atoms with Gasteiger partial charge in [-0.25, -0.2) is 9.67 Å². The van der Waals surface area contributed by atoms with Crippen molar-refractivity contribution in [3.8, 4) is 5.69 Å². The molecule has 12 heteroatoms. The predicted molar refractivity (Wildman–Crippen MR) is 136 cm³/mol. The minimum absolute atomic E-state index is 0.101. The van der Waals surface area contributed by atoms with Crippen LogP contribution in [0, 0.1) is 0 Å². The van der Waals surface area contributed by atoms with Crippen molar-refractivity contribution in [3.05, 3.63) is 105 Å². The number of amides is 1. The molecular formula is C24H14Cl2N6O3S. The molecule has 0 bridgehead atoms. The standard InChI is InChI=1S/C24H14Cl2N6O3S/c25-18-12-28-13-19(26)20(18)30-24(34)21-22(33)17-7-3-9-29-23(17)32(31-21)14-4-1-5-15(10-14)36(35)16-6-2-8-27-11-16/h1-13H,(H,28,30,34). The lowest BCUT2D eigenvalue weighted by Crippen LogP contribution is -2.27. The summed E-state index contributed by atoms with van der Waals surface area (Å²) in [5, 5.41) is 7.22. The average molecular weight is 537 g/mol. The highest BCUT2D eigenvalue weighted by molar-refractivity contribution is 7.91. The van der Waals surface area contributed by atoms with E-state index in [4.69, 9.17) is 23.2 Å². The summed E-state index contributed by atoms with van der Waals surface area (Å²) in [4.78, 5) is 39.5. The summed E-state index contributed by atoms with van der Waals surface area (Å²) in [5.41, 5.74) is -0.251. The van der Waals surface area contributed by atoms with Crippen molar-refractivity contribution in [2.24, 2.45) is 0 Å². The van der Waals surface area contributed by atoms with E-state index in [0.29, 0.717) is 15.5 Å². The van der Waals surface area contributed by atoms with Crippen LogP contribution in [-0.2, 0) is 11.2 Å². The maximum atomic E-state index is 13.2. The summed E-state index contributed by atoms with van der Waals surface area (Å²) >= 11 is 10.7. The first-order valence-electron chi connectivity index (χ1n) is 10.3. The third-order valence-corrected chi connectivity index (χ3v) is 7.00. The van der Waals surface area contributed by atoms with Crippen LogP contribution in [0.25, 0.3) is 16.7 Å². The van der Waals surface area contributed by atoms with Crippen molar-refractivity contribution in [2.45, 2.75) is 9.79 Å². The first kappa shape index (κ1) is 23.9. The van der Waals surface area contributed by atoms with E-state index >= 15 is 0 Å². The number of fused-ring (bicyclic) bond motifs is 1. The number of nitrogens with zero attached hydrogens (tertiary/aromatic N) is 5. The lowest BCUT2D eigenvalue weighted by Gasteiger charge is -2.14. The number of rotatable bonds is 5. The van der Waals surface area contributed by atoms with Crippen molar-refractivity contribution in [2.75, 3.05) is 5.32 Å². The SMILES string of the molecule is O=C(Nc1c(Cl)cncc1Cl)c1nn(-c2cccc([S+]([O-])c3cccnc3)c2)c2ncccc2c1=O. The second kappa shape index (κ2) is 10.0. The predicted octanol–water partition coefficient (Wildman–Crippen LogP) is 4.30. The molecular weight excluding hydrogens is 523 g/mol. The molecule has 5 rings (SSSR count). The second-order valence-electron chi connectivity index (χ2n) is 7.35. The Bertz CT molecular complexity index is 1650. The van der Waals surface area contributed by atoms with Gasteiger partial charge in [0.25, 0.3) is 5.91 Å². The smallest absolute Gasteiger partial charge is 0.280 e. The number of hydrogen-bond donors (Lipinski definition) is 1. The Morgan fingerprint density at radius 3 is 2.44 bits per heavy atom. The number of carbonyl (C=O) groups excluding carboxylic acids is 1. The molecule has 0 fully saturated rings. The van der Waals surface area contributed by atoms with Gasteiger partial charge in [0.15, 0.2) is 21.1 Å². The first-order chi connectivity index (χ1) is 17.4. The molecule has 36 heavy (non-hydrogen) atoms. The van der Waals surface area contributed by atoms with Crippen LogP contribution in [0.2, 0.25) is 10.0 Å². The van der Waals surface area contributed by atoms with E-state index in [1.807, 2.05) is 0 Å². The number of anilines is 1. The van der Waals surface area contributed by atoms with E-state index in [1.165, 1.54) is 29.5 Å². The molecule has 9 nitrogen and oxygen atoms in total. The van der Waals surface area contributed by atoms with Crippen molar-refractivity contribution in [3.63, 3.8) is 0 Å². The van der Waals surface area contributed by atoms with Gasteiger partial charge in [0.2, 0.25) is 5.43 Å². The summed E-state index contributed by atoms with van der Waals surface area (Å²) in [6.07, 6.45) is 7.25. The second-order valence-corrected chi connectivity index (χ2v) is 9.65. The molecule has 0 spiro atoms. The fraction of sp³-hybridized carbons (Fsp3) is 0. The number of benzene rings is 1. The van der Waals surface area contributed by atoms with Crippen LogP contribution in [0.1, 0.15) is 10.5 Å². The molecule has 0 radical (unpaired) electrons. The van der Waals surface area contributed by atoms with Crippen LogP contribution in [0.5, 0.6) is 0 Å². The Labute approximate surface area is 216 Å². The summed E-state index contributed by atoms with van der Waals surface area (Å²) in [6.45, 7) is 0. The van der Waals surface area contributed by atoms with E-state index in [0.717, 1.165) is 0 Å². The van der Waals surface area contributed by atoms with Crippen LogP contribution in [0.4, 0.5) is 5.69 Å². The van der Waals surface area contributed by atoms with Crippen molar-refractivity contribution in [1.29, 1.82) is 0 Å². The molecule has 0 aliphatic rings. The van der Waals surface area contributed by atoms with Gasteiger partial charge in [-0.15, -0.1) is 0 Å². The van der Waals surface area contributed by atoms with E-state index < -0.39 is 28.2 Å². The molecule has 4 aromatic heterocycles. The van der Waals surface area contributed by atoms with Gasteiger partial charge in [0.05, 0.1) is 33.0 Å². The van der Waals surface area contributed by atoms with Gasteiger partial charge in [-0.2, -0.15) is 5.10 Å².